The predicted molar refractivity (Wildman–Crippen MR) is 65.6 cm³/mol. The Morgan fingerprint density at radius 2 is 2.06 bits per heavy atom. The maximum Gasteiger partial charge on any atom is 0.135 e. The van der Waals surface area contributed by atoms with Crippen molar-refractivity contribution in [3.05, 3.63) is 24.8 Å². The predicted octanol–water partition coefficient (Wildman–Crippen LogP) is 1.48. The molecule has 0 saturated carbocycles. The number of nitrogens with zero attached hydrogens (tertiary/aromatic N) is 5. The molecular weight excluding hydrogens is 230 g/mol. The maximum absolute atomic E-state index is 8.83. The second-order valence-corrected chi connectivity index (χ2v) is 4.00. The fraction of sp³-hybridized carbons (Fsp3) is 0.417. The van der Waals surface area contributed by atoms with E-state index in [9.17, 15) is 0 Å². The summed E-state index contributed by atoms with van der Waals surface area (Å²) in [5.41, 5.74) is 1.95. The maximum atomic E-state index is 8.83. The van der Waals surface area contributed by atoms with Crippen molar-refractivity contribution in [3.8, 4) is 17.2 Å². The molecule has 6 nitrogen and oxygen atoms in total. The van der Waals surface area contributed by atoms with Gasteiger partial charge in [0.05, 0.1) is 31.6 Å². The fourth-order valence-corrected chi connectivity index (χ4v) is 1.58. The molecule has 0 N–H and O–H groups in total. The first-order valence-corrected chi connectivity index (χ1v) is 5.70. The van der Waals surface area contributed by atoms with E-state index in [1.165, 1.54) is 0 Å². The summed E-state index contributed by atoms with van der Waals surface area (Å²) in [6.45, 7) is 3.16. The average molecular weight is 245 g/mol. The second-order valence-electron chi connectivity index (χ2n) is 4.00. The number of methoxy groups -OCH3 is 1. The van der Waals surface area contributed by atoms with Gasteiger partial charge in [-0.1, -0.05) is 0 Å². The molecule has 2 aromatic heterocycles. The summed E-state index contributed by atoms with van der Waals surface area (Å²) in [6.07, 6.45) is 7.32. The minimum absolute atomic E-state index is 0.262. The largest absolute Gasteiger partial charge is 0.383 e. The molecule has 6 heteroatoms. The van der Waals surface area contributed by atoms with Gasteiger partial charge in [0.1, 0.15) is 6.04 Å². The van der Waals surface area contributed by atoms with Crippen molar-refractivity contribution in [3.63, 3.8) is 0 Å². The van der Waals surface area contributed by atoms with Gasteiger partial charge in [-0.15, -0.1) is 0 Å². The van der Waals surface area contributed by atoms with Gasteiger partial charge >= 0.3 is 0 Å². The van der Waals surface area contributed by atoms with Gasteiger partial charge in [0.15, 0.2) is 0 Å². The lowest BCUT2D eigenvalue weighted by atomic mass is 10.2. The SMILES string of the molecule is COCCn1cc(-c2cnn(C(C)C#N)c2)cn1. The van der Waals surface area contributed by atoms with E-state index in [1.807, 2.05) is 17.1 Å². The Kier molecular flexibility index (Phi) is 3.75. The van der Waals surface area contributed by atoms with E-state index in [0.29, 0.717) is 6.61 Å². The molecular formula is C12H15N5O. The Labute approximate surface area is 105 Å². The molecule has 0 saturated heterocycles. The van der Waals surface area contributed by atoms with E-state index in [1.54, 1.807) is 31.1 Å². The van der Waals surface area contributed by atoms with Crippen LogP contribution in [0.15, 0.2) is 24.8 Å². The van der Waals surface area contributed by atoms with E-state index in [4.69, 9.17) is 10.00 Å². The smallest absolute Gasteiger partial charge is 0.135 e. The van der Waals surface area contributed by atoms with Gasteiger partial charge in [0.2, 0.25) is 0 Å². The number of hydrogen-bond acceptors (Lipinski definition) is 4. The van der Waals surface area contributed by atoms with Crippen LogP contribution in [-0.4, -0.2) is 33.3 Å². The summed E-state index contributed by atoms with van der Waals surface area (Å²) in [5, 5.41) is 17.2. The Balaban J connectivity index is 2.14. The summed E-state index contributed by atoms with van der Waals surface area (Å²) in [4.78, 5) is 0. The van der Waals surface area contributed by atoms with Crippen molar-refractivity contribution in [2.24, 2.45) is 0 Å². The fourth-order valence-electron chi connectivity index (χ4n) is 1.58. The van der Waals surface area contributed by atoms with Crippen LogP contribution in [0.5, 0.6) is 0 Å². The molecule has 2 heterocycles. The van der Waals surface area contributed by atoms with Gasteiger partial charge in [-0.2, -0.15) is 15.5 Å². The third kappa shape index (κ3) is 2.57. The van der Waals surface area contributed by atoms with Crippen molar-refractivity contribution in [1.82, 2.24) is 19.6 Å². The Morgan fingerprint density at radius 1 is 1.33 bits per heavy atom. The van der Waals surface area contributed by atoms with Gasteiger partial charge in [-0.3, -0.25) is 9.36 Å². The summed E-state index contributed by atoms with van der Waals surface area (Å²) in [6, 6.07) is 1.88. The average Bonchev–Trinajstić information content (AvgIpc) is 3.03. The molecule has 2 rings (SSSR count). The van der Waals surface area contributed by atoms with Crippen LogP contribution in [0.4, 0.5) is 0 Å². The highest BCUT2D eigenvalue weighted by molar-refractivity contribution is 5.59. The summed E-state index contributed by atoms with van der Waals surface area (Å²) < 4.78 is 8.46. The van der Waals surface area contributed by atoms with Crippen molar-refractivity contribution >= 4 is 0 Å². The molecule has 0 aromatic carbocycles. The van der Waals surface area contributed by atoms with Crippen LogP contribution in [0, 0.1) is 11.3 Å². The van der Waals surface area contributed by atoms with E-state index in [0.717, 1.165) is 17.7 Å². The normalized spacial score (nSPS) is 12.3. The van der Waals surface area contributed by atoms with Gasteiger partial charge in [0, 0.05) is 30.6 Å². The quantitative estimate of drug-likeness (QED) is 0.800. The molecule has 0 fully saturated rings. The Hall–Kier alpha value is -2.13. The molecule has 0 aliphatic carbocycles. The van der Waals surface area contributed by atoms with Crippen LogP contribution in [0.1, 0.15) is 13.0 Å². The highest BCUT2D eigenvalue weighted by atomic mass is 16.5. The molecule has 1 atom stereocenters. The van der Waals surface area contributed by atoms with E-state index >= 15 is 0 Å². The molecule has 0 radical (unpaired) electrons. The summed E-state index contributed by atoms with van der Waals surface area (Å²) >= 11 is 0. The molecule has 0 bridgehead atoms. The molecule has 0 aliphatic heterocycles. The zero-order chi connectivity index (χ0) is 13.0. The number of hydrogen-bond donors (Lipinski definition) is 0. The molecule has 2 aromatic rings. The van der Waals surface area contributed by atoms with Crippen molar-refractivity contribution in [2.75, 3.05) is 13.7 Å². The lowest BCUT2D eigenvalue weighted by Crippen LogP contribution is -2.03. The topological polar surface area (TPSA) is 68.7 Å². The van der Waals surface area contributed by atoms with Gasteiger partial charge in [-0.25, -0.2) is 0 Å². The van der Waals surface area contributed by atoms with Crippen LogP contribution in [0.25, 0.3) is 11.1 Å². The van der Waals surface area contributed by atoms with Crippen molar-refractivity contribution in [1.29, 1.82) is 5.26 Å². The van der Waals surface area contributed by atoms with Crippen LogP contribution < -0.4 is 0 Å². The Bertz CT molecular complexity index is 551. The van der Waals surface area contributed by atoms with Crippen LogP contribution in [0.3, 0.4) is 0 Å². The molecule has 94 valence electrons. The third-order valence-electron chi connectivity index (χ3n) is 2.68. The van der Waals surface area contributed by atoms with Gasteiger partial charge in [0.25, 0.3) is 0 Å². The highest BCUT2D eigenvalue weighted by Gasteiger charge is 2.08. The number of aromatic nitrogens is 4. The van der Waals surface area contributed by atoms with Crippen LogP contribution in [0.2, 0.25) is 0 Å². The zero-order valence-corrected chi connectivity index (χ0v) is 10.4. The monoisotopic (exact) mass is 245 g/mol. The Morgan fingerprint density at radius 3 is 2.78 bits per heavy atom. The first kappa shape index (κ1) is 12.3. The molecule has 0 aliphatic rings. The highest BCUT2D eigenvalue weighted by Crippen LogP contribution is 2.18. The molecule has 18 heavy (non-hydrogen) atoms. The van der Waals surface area contributed by atoms with E-state index in [-0.39, 0.29) is 6.04 Å². The lowest BCUT2D eigenvalue weighted by molar-refractivity contribution is 0.183. The molecule has 0 spiro atoms. The zero-order valence-electron chi connectivity index (χ0n) is 10.4. The minimum atomic E-state index is -0.262. The van der Waals surface area contributed by atoms with Crippen molar-refractivity contribution in [2.45, 2.75) is 19.5 Å². The molecule has 1 unspecified atom stereocenters. The minimum Gasteiger partial charge on any atom is -0.383 e. The lowest BCUT2D eigenvalue weighted by Gasteiger charge is -2.00. The third-order valence-corrected chi connectivity index (χ3v) is 2.68. The molecule has 0 amide bonds. The number of ether oxygens (including phenoxy) is 1. The van der Waals surface area contributed by atoms with E-state index in [2.05, 4.69) is 16.3 Å². The van der Waals surface area contributed by atoms with Crippen LogP contribution in [-0.2, 0) is 11.3 Å². The second kappa shape index (κ2) is 5.47. The summed E-state index contributed by atoms with van der Waals surface area (Å²) in [5.74, 6) is 0. The number of rotatable bonds is 5. The van der Waals surface area contributed by atoms with E-state index < -0.39 is 0 Å². The number of nitriles is 1. The van der Waals surface area contributed by atoms with Crippen molar-refractivity contribution < 1.29 is 4.74 Å². The first-order valence-electron chi connectivity index (χ1n) is 5.70. The standard InChI is InChI=1S/C12H15N5O/c1-10(5-13)17-9-12(7-15-17)11-6-14-16(8-11)3-4-18-2/h6-10H,3-4H2,1-2H3. The summed E-state index contributed by atoms with van der Waals surface area (Å²) in [7, 11) is 1.66. The van der Waals surface area contributed by atoms with Gasteiger partial charge in [-0.05, 0) is 6.92 Å². The van der Waals surface area contributed by atoms with Gasteiger partial charge < -0.3 is 4.74 Å². The van der Waals surface area contributed by atoms with Crippen LogP contribution >= 0.6 is 0 Å². The first-order chi connectivity index (χ1) is 8.74.